The van der Waals surface area contributed by atoms with Crippen molar-refractivity contribution in [3.63, 3.8) is 0 Å². The Morgan fingerprint density at radius 3 is 2.67 bits per heavy atom. The fourth-order valence-electron chi connectivity index (χ4n) is 3.06. The van der Waals surface area contributed by atoms with Crippen LogP contribution in [0.25, 0.3) is 0 Å². The van der Waals surface area contributed by atoms with Gasteiger partial charge in [-0.05, 0) is 32.1 Å². The highest BCUT2D eigenvalue weighted by Gasteiger charge is 2.60. The number of fused-ring (bicyclic) bond motifs is 2. The molecule has 15 heavy (non-hydrogen) atoms. The predicted octanol–water partition coefficient (Wildman–Crippen LogP) is 3.15. The van der Waals surface area contributed by atoms with E-state index in [1.807, 2.05) is 0 Å². The SMILES string of the molecule is CCCOC1CC2(C(C)C)CCC1(C)O2. The molecule has 2 aliphatic heterocycles. The van der Waals surface area contributed by atoms with Gasteiger partial charge in [-0.15, -0.1) is 0 Å². The molecule has 2 bridgehead atoms. The van der Waals surface area contributed by atoms with E-state index in [2.05, 4.69) is 27.7 Å². The fraction of sp³-hybridized carbons (Fsp3) is 1.00. The van der Waals surface area contributed by atoms with Crippen LogP contribution in [0.1, 0.15) is 53.4 Å². The standard InChI is InChI=1S/C13H24O2/c1-5-8-14-11-9-13(10(2)3)7-6-12(11,4)15-13/h10-11H,5-9H2,1-4H3. The van der Waals surface area contributed by atoms with Crippen LogP contribution in [0.3, 0.4) is 0 Å². The van der Waals surface area contributed by atoms with E-state index in [4.69, 9.17) is 9.47 Å². The third-order valence-electron chi connectivity index (χ3n) is 4.27. The van der Waals surface area contributed by atoms with Gasteiger partial charge in [0, 0.05) is 13.0 Å². The van der Waals surface area contributed by atoms with Crippen molar-refractivity contribution >= 4 is 0 Å². The van der Waals surface area contributed by atoms with Crippen molar-refractivity contribution in [3.8, 4) is 0 Å². The molecule has 0 saturated carbocycles. The Balaban J connectivity index is 2.06. The molecule has 2 heterocycles. The van der Waals surface area contributed by atoms with Gasteiger partial charge in [0.15, 0.2) is 0 Å². The highest BCUT2D eigenvalue weighted by atomic mass is 16.6. The van der Waals surface area contributed by atoms with Crippen molar-refractivity contribution < 1.29 is 9.47 Å². The van der Waals surface area contributed by atoms with Crippen molar-refractivity contribution in [3.05, 3.63) is 0 Å². The normalized spacial score (nSPS) is 44.2. The Kier molecular flexibility index (Phi) is 2.85. The van der Waals surface area contributed by atoms with Crippen LogP contribution >= 0.6 is 0 Å². The van der Waals surface area contributed by atoms with E-state index < -0.39 is 0 Å². The second-order valence-electron chi connectivity index (χ2n) is 5.70. The van der Waals surface area contributed by atoms with E-state index in [9.17, 15) is 0 Å². The van der Waals surface area contributed by atoms with Crippen LogP contribution in [0.15, 0.2) is 0 Å². The maximum atomic E-state index is 6.29. The molecule has 2 heteroatoms. The van der Waals surface area contributed by atoms with Crippen LogP contribution in [0.4, 0.5) is 0 Å². The molecule has 0 spiro atoms. The van der Waals surface area contributed by atoms with Gasteiger partial charge >= 0.3 is 0 Å². The largest absolute Gasteiger partial charge is 0.375 e. The highest BCUT2D eigenvalue weighted by Crippen LogP contribution is 2.54. The van der Waals surface area contributed by atoms with E-state index in [1.165, 1.54) is 12.8 Å². The van der Waals surface area contributed by atoms with Gasteiger partial charge in [0.05, 0.1) is 17.3 Å². The first-order chi connectivity index (χ1) is 7.02. The smallest absolute Gasteiger partial charge is 0.0924 e. The number of rotatable bonds is 4. The lowest BCUT2D eigenvalue weighted by Gasteiger charge is -2.31. The molecule has 3 atom stereocenters. The molecule has 2 fully saturated rings. The molecule has 2 nitrogen and oxygen atoms in total. The maximum absolute atomic E-state index is 6.29. The number of ether oxygens (including phenoxy) is 2. The van der Waals surface area contributed by atoms with Crippen molar-refractivity contribution in [2.45, 2.75) is 70.7 Å². The lowest BCUT2D eigenvalue weighted by atomic mass is 9.75. The van der Waals surface area contributed by atoms with Crippen molar-refractivity contribution in [1.29, 1.82) is 0 Å². The molecule has 0 amide bonds. The van der Waals surface area contributed by atoms with Gasteiger partial charge in [-0.1, -0.05) is 20.8 Å². The predicted molar refractivity (Wildman–Crippen MR) is 60.9 cm³/mol. The average Bonchev–Trinajstić information content (AvgIpc) is 2.66. The third kappa shape index (κ3) is 1.72. The van der Waals surface area contributed by atoms with Crippen LogP contribution in [0.5, 0.6) is 0 Å². The van der Waals surface area contributed by atoms with Gasteiger partial charge in [0.1, 0.15) is 0 Å². The maximum Gasteiger partial charge on any atom is 0.0924 e. The zero-order valence-electron chi connectivity index (χ0n) is 10.5. The summed E-state index contributed by atoms with van der Waals surface area (Å²) in [4.78, 5) is 0. The number of hydrogen-bond acceptors (Lipinski definition) is 2. The summed E-state index contributed by atoms with van der Waals surface area (Å²) in [5, 5.41) is 0. The summed E-state index contributed by atoms with van der Waals surface area (Å²) in [6.45, 7) is 9.80. The highest BCUT2D eigenvalue weighted by molar-refractivity contribution is 5.09. The first kappa shape index (κ1) is 11.4. The number of hydrogen-bond donors (Lipinski definition) is 0. The van der Waals surface area contributed by atoms with Gasteiger partial charge < -0.3 is 9.47 Å². The summed E-state index contributed by atoms with van der Waals surface area (Å²) < 4.78 is 12.2. The molecule has 0 aliphatic carbocycles. The first-order valence-electron chi connectivity index (χ1n) is 6.34. The summed E-state index contributed by atoms with van der Waals surface area (Å²) in [6, 6.07) is 0. The molecule has 0 aromatic heterocycles. The monoisotopic (exact) mass is 212 g/mol. The molecule has 0 aromatic carbocycles. The fourth-order valence-corrected chi connectivity index (χ4v) is 3.06. The first-order valence-corrected chi connectivity index (χ1v) is 6.34. The minimum atomic E-state index is -0.000556. The quantitative estimate of drug-likeness (QED) is 0.712. The summed E-state index contributed by atoms with van der Waals surface area (Å²) in [7, 11) is 0. The molecular weight excluding hydrogens is 188 g/mol. The topological polar surface area (TPSA) is 18.5 Å². The molecular formula is C13H24O2. The Morgan fingerprint density at radius 1 is 1.40 bits per heavy atom. The van der Waals surface area contributed by atoms with Gasteiger partial charge in [-0.3, -0.25) is 0 Å². The molecule has 3 unspecified atom stereocenters. The zero-order chi connectivity index (χ0) is 11.1. The molecule has 2 rings (SSSR count). The van der Waals surface area contributed by atoms with Crippen molar-refractivity contribution in [1.82, 2.24) is 0 Å². The lowest BCUT2D eigenvalue weighted by molar-refractivity contribution is -0.0929. The molecule has 88 valence electrons. The molecule has 2 aliphatic rings. The van der Waals surface area contributed by atoms with Gasteiger partial charge in [0.2, 0.25) is 0 Å². The summed E-state index contributed by atoms with van der Waals surface area (Å²) in [5.74, 6) is 0.606. The van der Waals surface area contributed by atoms with Gasteiger partial charge in [0.25, 0.3) is 0 Å². The Hall–Kier alpha value is -0.0800. The minimum Gasteiger partial charge on any atom is -0.375 e. The van der Waals surface area contributed by atoms with E-state index in [-0.39, 0.29) is 11.2 Å². The van der Waals surface area contributed by atoms with Gasteiger partial charge in [-0.25, -0.2) is 0 Å². The van der Waals surface area contributed by atoms with Crippen LogP contribution in [-0.4, -0.2) is 23.9 Å². The molecule has 0 N–H and O–H groups in total. The Bertz CT molecular complexity index is 239. The van der Waals surface area contributed by atoms with Crippen LogP contribution < -0.4 is 0 Å². The van der Waals surface area contributed by atoms with E-state index in [0.29, 0.717) is 12.0 Å². The van der Waals surface area contributed by atoms with E-state index in [0.717, 1.165) is 19.4 Å². The summed E-state index contributed by atoms with van der Waals surface area (Å²) in [6.07, 6.45) is 4.91. The van der Waals surface area contributed by atoms with Crippen molar-refractivity contribution in [2.75, 3.05) is 6.61 Å². The molecule has 0 aromatic rings. The summed E-state index contributed by atoms with van der Waals surface area (Å²) >= 11 is 0. The van der Waals surface area contributed by atoms with E-state index in [1.54, 1.807) is 0 Å². The Morgan fingerprint density at radius 2 is 2.13 bits per heavy atom. The van der Waals surface area contributed by atoms with Crippen LogP contribution in [-0.2, 0) is 9.47 Å². The van der Waals surface area contributed by atoms with Crippen molar-refractivity contribution in [2.24, 2.45) is 5.92 Å². The Labute approximate surface area is 93.3 Å². The zero-order valence-corrected chi connectivity index (χ0v) is 10.5. The van der Waals surface area contributed by atoms with Crippen LogP contribution in [0, 0.1) is 5.92 Å². The second-order valence-corrected chi connectivity index (χ2v) is 5.70. The lowest BCUT2D eigenvalue weighted by Crippen LogP contribution is -2.38. The minimum absolute atomic E-state index is 0.000556. The second kappa shape index (κ2) is 3.74. The van der Waals surface area contributed by atoms with E-state index >= 15 is 0 Å². The molecule has 2 saturated heterocycles. The third-order valence-corrected chi connectivity index (χ3v) is 4.27. The van der Waals surface area contributed by atoms with Gasteiger partial charge in [-0.2, -0.15) is 0 Å². The summed E-state index contributed by atoms with van der Waals surface area (Å²) in [5.41, 5.74) is 0.118. The molecule has 0 radical (unpaired) electrons. The van der Waals surface area contributed by atoms with Crippen LogP contribution in [0.2, 0.25) is 0 Å². The average molecular weight is 212 g/mol.